The molecule has 0 spiro atoms. The predicted octanol–water partition coefficient (Wildman–Crippen LogP) is 2.57. The SMILES string of the molecule is COc1ccc(CCNC(=O)C(C)N2CCN(c3cccc(OC)c3)CC2)cc1. The van der Waals surface area contributed by atoms with Gasteiger partial charge in [-0.15, -0.1) is 0 Å². The van der Waals surface area contributed by atoms with Gasteiger partial charge in [0.05, 0.1) is 20.3 Å². The number of amides is 1. The maximum Gasteiger partial charge on any atom is 0.237 e. The van der Waals surface area contributed by atoms with Gasteiger partial charge in [0, 0.05) is 44.5 Å². The predicted molar refractivity (Wildman–Crippen MR) is 116 cm³/mol. The van der Waals surface area contributed by atoms with E-state index < -0.39 is 0 Å². The minimum Gasteiger partial charge on any atom is -0.497 e. The molecule has 29 heavy (non-hydrogen) atoms. The molecule has 156 valence electrons. The van der Waals surface area contributed by atoms with Crippen LogP contribution in [0.25, 0.3) is 0 Å². The van der Waals surface area contributed by atoms with Crippen molar-refractivity contribution in [3.05, 3.63) is 54.1 Å². The summed E-state index contributed by atoms with van der Waals surface area (Å²) in [5.74, 6) is 1.81. The second kappa shape index (κ2) is 10.2. The van der Waals surface area contributed by atoms with E-state index in [0.29, 0.717) is 6.54 Å². The quantitative estimate of drug-likeness (QED) is 0.742. The van der Waals surface area contributed by atoms with Crippen LogP contribution in [0.5, 0.6) is 11.5 Å². The molecule has 1 fully saturated rings. The molecular weight excluding hydrogens is 366 g/mol. The van der Waals surface area contributed by atoms with Gasteiger partial charge in [0.15, 0.2) is 0 Å². The maximum atomic E-state index is 12.6. The van der Waals surface area contributed by atoms with Gasteiger partial charge in [-0.05, 0) is 43.2 Å². The van der Waals surface area contributed by atoms with E-state index in [1.54, 1.807) is 14.2 Å². The Balaban J connectivity index is 1.43. The fourth-order valence-corrected chi connectivity index (χ4v) is 3.61. The Hall–Kier alpha value is -2.73. The van der Waals surface area contributed by atoms with Crippen molar-refractivity contribution in [2.75, 3.05) is 51.8 Å². The molecule has 1 N–H and O–H groups in total. The van der Waals surface area contributed by atoms with Gasteiger partial charge in [0.25, 0.3) is 0 Å². The molecule has 0 aromatic heterocycles. The van der Waals surface area contributed by atoms with E-state index in [1.807, 2.05) is 43.3 Å². The first kappa shape index (κ1) is 21.0. The lowest BCUT2D eigenvalue weighted by atomic mass is 10.1. The summed E-state index contributed by atoms with van der Waals surface area (Å²) in [4.78, 5) is 17.2. The third kappa shape index (κ3) is 5.64. The van der Waals surface area contributed by atoms with Gasteiger partial charge < -0.3 is 19.7 Å². The van der Waals surface area contributed by atoms with Crippen LogP contribution in [0.2, 0.25) is 0 Å². The van der Waals surface area contributed by atoms with Gasteiger partial charge in [-0.2, -0.15) is 0 Å². The van der Waals surface area contributed by atoms with Crippen molar-refractivity contribution in [2.24, 2.45) is 0 Å². The van der Waals surface area contributed by atoms with Crippen molar-refractivity contribution in [1.29, 1.82) is 0 Å². The fraction of sp³-hybridized carbons (Fsp3) is 0.435. The Labute approximate surface area is 173 Å². The van der Waals surface area contributed by atoms with Crippen LogP contribution in [-0.4, -0.2) is 63.8 Å². The number of methoxy groups -OCH3 is 2. The molecule has 0 aliphatic carbocycles. The van der Waals surface area contributed by atoms with E-state index in [4.69, 9.17) is 9.47 Å². The zero-order valence-electron chi connectivity index (χ0n) is 17.6. The van der Waals surface area contributed by atoms with Gasteiger partial charge in [-0.25, -0.2) is 0 Å². The number of hydrogen-bond acceptors (Lipinski definition) is 5. The summed E-state index contributed by atoms with van der Waals surface area (Å²) < 4.78 is 10.5. The van der Waals surface area contributed by atoms with Crippen LogP contribution in [0.3, 0.4) is 0 Å². The summed E-state index contributed by atoms with van der Waals surface area (Å²) in [5, 5.41) is 3.07. The van der Waals surface area contributed by atoms with E-state index in [1.165, 1.54) is 11.3 Å². The minimum atomic E-state index is -0.127. The zero-order chi connectivity index (χ0) is 20.6. The molecule has 0 bridgehead atoms. The van der Waals surface area contributed by atoms with Gasteiger partial charge in [0.2, 0.25) is 5.91 Å². The third-order valence-corrected chi connectivity index (χ3v) is 5.53. The molecule has 1 heterocycles. The molecule has 1 saturated heterocycles. The molecule has 1 atom stereocenters. The fourth-order valence-electron chi connectivity index (χ4n) is 3.61. The molecule has 0 radical (unpaired) electrons. The average molecular weight is 398 g/mol. The van der Waals surface area contributed by atoms with Crippen LogP contribution in [0, 0.1) is 0 Å². The van der Waals surface area contributed by atoms with Crippen LogP contribution < -0.4 is 19.7 Å². The number of anilines is 1. The van der Waals surface area contributed by atoms with Crippen molar-refractivity contribution in [1.82, 2.24) is 10.2 Å². The highest BCUT2D eigenvalue weighted by Gasteiger charge is 2.25. The van der Waals surface area contributed by atoms with Crippen molar-refractivity contribution < 1.29 is 14.3 Å². The highest BCUT2D eigenvalue weighted by molar-refractivity contribution is 5.81. The lowest BCUT2D eigenvalue weighted by Crippen LogP contribution is -2.54. The number of nitrogens with zero attached hydrogens (tertiary/aromatic N) is 2. The number of carbonyl (C=O) groups is 1. The van der Waals surface area contributed by atoms with E-state index in [0.717, 1.165) is 44.1 Å². The summed E-state index contributed by atoms with van der Waals surface area (Å²) >= 11 is 0. The molecule has 1 unspecified atom stereocenters. The molecule has 1 amide bonds. The van der Waals surface area contributed by atoms with Crippen molar-refractivity contribution >= 4 is 11.6 Å². The first-order valence-electron chi connectivity index (χ1n) is 10.1. The zero-order valence-corrected chi connectivity index (χ0v) is 17.6. The first-order chi connectivity index (χ1) is 14.1. The van der Waals surface area contributed by atoms with Gasteiger partial charge in [0.1, 0.15) is 11.5 Å². The van der Waals surface area contributed by atoms with Gasteiger partial charge in [-0.3, -0.25) is 9.69 Å². The maximum absolute atomic E-state index is 12.6. The number of ether oxygens (including phenoxy) is 2. The van der Waals surface area contributed by atoms with Crippen LogP contribution in [0.1, 0.15) is 12.5 Å². The number of hydrogen-bond donors (Lipinski definition) is 1. The van der Waals surface area contributed by atoms with Gasteiger partial charge >= 0.3 is 0 Å². The lowest BCUT2D eigenvalue weighted by Gasteiger charge is -2.38. The third-order valence-electron chi connectivity index (χ3n) is 5.53. The van der Waals surface area contributed by atoms with E-state index in [9.17, 15) is 4.79 Å². The van der Waals surface area contributed by atoms with Crippen molar-refractivity contribution in [3.8, 4) is 11.5 Å². The number of piperazine rings is 1. The molecule has 1 aliphatic rings. The van der Waals surface area contributed by atoms with E-state index in [-0.39, 0.29) is 11.9 Å². The Bertz CT molecular complexity index is 786. The van der Waals surface area contributed by atoms with Crippen LogP contribution in [0.4, 0.5) is 5.69 Å². The molecule has 0 saturated carbocycles. The van der Waals surface area contributed by atoms with Crippen LogP contribution in [0.15, 0.2) is 48.5 Å². The molecular formula is C23H31N3O3. The van der Waals surface area contributed by atoms with E-state index in [2.05, 4.69) is 27.2 Å². The summed E-state index contributed by atoms with van der Waals surface area (Å²) in [7, 11) is 3.35. The molecule has 6 nitrogen and oxygen atoms in total. The minimum absolute atomic E-state index is 0.0911. The highest BCUT2D eigenvalue weighted by atomic mass is 16.5. The summed E-state index contributed by atoms with van der Waals surface area (Å²) in [6, 6.07) is 16.0. The number of nitrogens with one attached hydrogen (secondary N) is 1. The summed E-state index contributed by atoms with van der Waals surface area (Å²) in [6.45, 7) is 6.16. The Kier molecular flexibility index (Phi) is 7.36. The number of carbonyl (C=O) groups excluding carboxylic acids is 1. The molecule has 2 aromatic rings. The monoisotopic (exact) mass is 397 g/mol. The Morgan fingerprint density at radius 2 is 1.69 bits per heavy atom. The topological polar surface area (TPSA) is 54.0 Å². The normalized spacial score (nSPS) is 15.6. The first-order valence-corrected chi connectivity index (χ1v) is 10.1. The average Bonchev–Trinajstić information content (AvgIpc) is 2.79. The van der Waals surface area contributed by atoms with Gasteiger partial charge in [-0.1, -0.05) is 18.2 Å². The van der Waals surface area contributed by atoms with Crippen LogP contribution >= 0.6 is 0 Å². The Morgan fingerprint density at radius 1 is 1.00 bits per heavy atom. The Morgan fingerprint density at radius 3 is 2.34 bits per heavy atom. The lowest BCUT2D eigenvalue weighted by molar-refractivity contribution is -0.125. The summed E-state index contributed by atoms with van der Waals surface area (Å²) in [6.07, 6.45) is 0.812. The van der Waals surface area contributed by atoms with E-state index >= 15 is 0 Å². The molecule has 2 aromatic carbocycles. The highest BCUT2D eigenvalue weighted by Crippen LogP contribution is 2.22. The number of rotatable bonds is 8. The smallest absolute Gasteiger partial charge is 0.237 e. The van der Waals surface area contributed by atoms with Crippen molar-refractivity contribution in [3.63, 3.8) is 0 Å². The second-order valence-electron chi connectivity index (χ2n) is 7.29. The molecule has 3 rings (SSSR count). The second-order valence-corrected chi connectivity index (χ2v) is 7.29. The standard InChI is InChI=1S/C23H31N3O3/c1-18(23(27)24-12-11-19-7-9-21(28-2)10-8-19)25-13-15-26(16-14-25)20-5-4-6-22(17-20)29-3/h4-10,17-18H,11-16H2,1-3H3,(H,24,27). The van der Waals surface area contributed by atoms with Crippen molar-refractivity contribution in [2.45, 2.75) is 19.4 Å². The molecule has 6 heteroatoms. The van der Waals surface area contributed by atoms with Crippen LogP contribution in [-0.2, 0) is 11.2 Å². The molecule has 1 aliphatic heterocycles. The summed E-state index contributed by atoms with van der Waals surface area (Å²) in [5.41, 5.74) is 2.35. The largest absolute Gasteiger partial charge is 0.497 e. The number of benzene rings is 2.